The number of allylic oxidation sites excluding steroid dienone is 2. The first kappa shape index (κ1) is 11.4. The van der Waals surface area contributed by atoms with Gasteiger partial charge in [-0.25, -0.2) is 0 Å². The molecule has 0 aromatic carbocycles. The van der Waals surface area contributed by atoms with Crippen molar-refractivity contribution < 1.29 is 5.11 Å². The van der Waals surface area contributed by atoms with Crippen molar-refractivity contribution in [3.05, 3.63) is 23.3 Å². The van der Waals surface area contributed by atoms with E-state index in [9.17, 15) is 5.11 Å². The van der Waals surface area contributed by atoms with E-state index in [1.54, 1.807) is 0 Å². The Labute approximate surface area is 75.8 Å². The molecule has 0 aliphatic rings. The number of hydrogen-bond donors (Lipinski definition) is 1. The van der Waals surface area contributed by atoms with Crippen LogP contribution in [-0.2, 0) is 0 Å². The molecule has 0 saturated heterocycles. The summed E-state index contributed by atoms with van der Waals surface area (Å²) in [5.74, 6) is 0. The van der Waals surface area contributed by atoms with Crippen LogP contribution in [0.4, 0.5) is 0 Å². The van der Waals surface area contributed by atoms with Crippen LogP contribution in [-0.4, -0.2) is 11.2 Å². The maximum absolute atomic E-state index is 9.50. The van der Waals surface area contributed by atoms with E-state index in [0.29, 0.717) is 0 Å². The fraction of sp³-hybridized carbons (Fsp3) is 0.636. The van der Waals surface area contributed by atoms with Gasteiger partial charge in [0.05, 0.1) is 6.10 Å². The lowest BCUT2D eigenvalue weighted by molar-refractivity contribution is 0.222. The molecule has 1 heteroatoms. The summed E-state index contributed by atoms with van der Waals surface area (Å²) < 4.78 is 0. The second kappa shape index (κ2) is 6.01. The second-order valence-corrected chi connectivity index (χ2v) is 3.47. The van der Waals surface area contributed by atoms with E-state index in [1.807, 2.05) is 19.9 Å². The van der Waals surface area contributed by atoms with Gasteiger partial charge in [-0.1, -0.05) is 30.2 Å². The lowest BCUT2D eigenvalue weighted by Crippen LogP contribution is -2.03. The third-order valence-corrected chi connectivity index (χ3v) is 1.61. The third-order valence-electron chi connectivity index (χ3n) is 1.61. The molecule has 0 rings (SSSR count). The molecule has 0 aromatic rings. The highest BCUT2D eigenvalue weighted by Gasteiger charge is 1.99. The molecule has 1 unspecified atom stereocenters. The number of rotatable bonds is 4. The van der Waals surface area contributed by atoms with Gasteiger partial charge in [0.25, 0.3) is 0 Å². The van der Waals surface area contributed by atoms with E-state index in [4.69, 9.17) is 0 Å². The molecular weight excluding hydrogens is 148 g/mol. The fourth-order valence-corrected chi connectivity index (χ4v) is 1.21. The van der Waals surface area contributed by atoms with Crippen molar-refractivity contribution >= 4 is 0 Å². The second-order valence-electron chi connectivity index (χ2n) is 3.47. The molecule has 0 aliphatic carbocycles. The molecular formula is C11H20O. The molecule has 0 saturated carbocycles. The highest BCUT2D eigenvalue weighted by Crippen LogP contribution is 2.08. The zero-order valence-corrected chi connectivity index (χ0v) is 8.59. The lowest BCUT2D eigenvalue weighted by atomic mass is 10.1. The highest BCUT2D eigenvalue weighted by molar-refractivity contribution is 5.06. The van der Waals surface area contributed by atoms with Crippen LogP contribution in [0.5, 0.6) is 0 Å². The first-order valence-electron chi connectivity index (χ1n) is 4.55. The van der Waals surface area contributed by atoms with Crippen molar-refractivity contribution in [1.29, 1.82) is 0 Å². The van der Waals surface area contributed by atoms with Gasteiger partial charge in [-0.05, 0) is 33.6 Å². The van der Waals surface area contributed by atoms with Crippen molar-refractivity contribution in [3.63, 3.8) is 0 Å². The average Bonchev–Trinajstić information content (AvgIpc) is 1.84. The van der Waals surface area contributed by atoms with Gasteiger partial charge >= 0.3 is 0 Å². The zero-order chi connectivity index (χ0) is 9.56. The SMILES string of the molecule is CC/C=C(\C)CC(O)C=C(C)C. The van der Waals surface area contributed by atoms with Gasteiger partial charge in [0.15, 0.2) is 0 Å². The Morgan fingerprint density at radius 2 is 1.92 bits per heavy atom. The van der Waals surface area contributed by atoms with Gasteiger partial charge < -0.3 is 5.11 Å². The van der Waals surface area contributed by atoms with Gasteiger partial charge in [-0.15, -0.1) is 0 Å². The van der Waals surface area contributed by atoms with Crippen molar-refractivity contribution in [2.75, 3.05) is 0 Å². The summed E-state index contributed by atoms with van der Waals surface area (Å²) in [6, 6.07) is 0. The summed E-state index contributed by atoms with van der Waals surface area (Å²) in [6.45, 7) is 8.17. The molecule has 1 atom stereocenters. The monoisotopic (exact) mass is 168 g/mol. The van der Waals surface area contributed by atoms with Gasteiger partial charge in [-0.3, -0.25) is 0 Å². The lowest BCUT2D eigenvalue weighted by Gasteiger charge is -2.06. The van der Waals surface area contributed by atoms with Crippen LogP contribution < -0.4 is 0 Å². The number of aliphatic hydroxyl groups is 1. The van der Waals surface area contributed by atoms with Gasteiger partial charge in [-0.2, -0.15) is 0 Å². The van der Waals surface area contributed by atoms with Crippen LogP contribution in [0.15, 0.2) is 23.3 Å². The summed E-state index contributed by atoms with van der Waals surface area (Å²) in [5, 5.41) is 9.50. The molecule has 0 aromatic heterocycles. The Hall–Kier alpha value is -0.560. The maximum Gasteiger partial charge on any atom is 0.0760 e. The summed E-state index contributed by atoms with van der Waals surface area (Å²) in [4.78, 5) is 0. The Morgan fingerprint density at radius 3 is 2.33 bits per heavy atom. The third kappa shape index (κ3) is 6.17. The molecule has 0 bridgehead atoms. The minimum absolute atomic E-state index is 0.308. The number of aliphatic hydroxyl groups excluding tert-OH is 1. The minimum atomic E-state index is -0.308. The van der Waals surface area contributed by atoms with Crippen molar-refractivity contribution in [2.24, 2.45) is 0 Å². The molecule has 0 aliphatic heterocycles. The van der Waals surface area contributed by atoms with E-state index < -0.39 is 0 Å². The standard InChI is InChI=1S/C11H20O/c1-5-6-10(4)8-11(12)7-9(2)3/h6-7,11-12H,5,8H2,1-4H3/b10-6+. The average molecular weight is 168 g/mol. The summed E-state index contributed by atoms with van der Waals surface area (Å²) in [5.41, 5.74) is 2.44. The van der Waals surface area contributed by atoms with E-state index in [-0.39, 0.29) is 6.10 Å². The zero-order valence-electron chi connectivity index (χ0n) is 8.59. The van der Waals surface area contributed by atoms with Crippen LogP contribution >= 0.6 is 0 Å². The van der Waals surface area contributed by atoms with Crippen molar-refractivity contribution in [3.8, 4) is 0 Å². The fourth-order valence-electron chi connectivity index (χ4n) is 1.21. The van der Waals surface area contributed by atoms with E-state index in [0.717, 1.165) is 12.8 Å². The first-order chi connectivity index (χ1) is 5.56. The van der Waals surface area contributed by atoms with E-state index >= 15 is 0 Å². The van der Waals surface area contributed by atoms with Crippen molar-refractivity contribution in [2.45, 2.75) is 46.6 Å². The van der Waals surface area contributed by atoms with Crippen LogP contribution in [0.3, 0.4) is 0 Å². The molecule has 1 N–H and O–H groups in total. The number of hydrogen-bond acceptors (Lipinski definition) is 1. The maximum atomic E-state index is 9.50. The van der Waals surface area contributed by atoms with Crippen LogP contribution in [0.1, 0.15) is 40.5 Å². The molecule has 1 nitrogen and oxygen atoms in total. The van der Waals surface area contributed by atoms with E-state index in [1.165, 1.54) is 11.1 Å². The summed E-state index contributed by atoms with van der Waals surface area (Å²) in [6.07, 6.45) is 5.55. The van der Waals surface area contributed by atoms with E-state index in [2.05, 4.69) is 19.9 Å². The molecule has 0 radical (unpaired) electrons. The molecule has 0 fully saturated rings. The minimum Gasteiger partial charge on any atom is -0.389 e. The normalized spacial score (nSPS) is 14.2. The van der Waals surface area contributed by atoms with Crippen LogP contribution in [0, 0.1) is 0 Å². The topological polar surface area (TPSA) is 20.2 Å². The van der Waals surface area contributed by atoms with Gasteiger partial charge in [0, 0.05) is 0 Å². The predicted molar refractivity (Wildman–Crippen MR) is 54.1 cm³/mol. The smallest absolute Gasteiger partial charge is 0.0760 e. The Balaban J connectivity index is 3.92. The van der Waals surface area contributed by atoms with Crippen LogP contribution in [0.25, 0.3) is 0 Å². The molecule has 0 heterocycles. The summed E-state index contributed by atoms with van der Waals surface area (Å²) >= 11 is 0. The Morgan fingerprint density at radius 1 is 1.33 bits per heavy atom. The first-order valence-corrected chi connectivity index (χ1v) is 4.55. The highest BCUT2D eigenvalue weighted by atomic mass is 16.3. The molecule has 0 amide bonds. The Bertz CT molecular complexity index is 173. The molecule has 0 spiro atoms. The predicted octanol–water partition coefficient (Wildman–Crippen LogP) is 3.06. The van der Waals surface area contributed by atoms with Gasteiger partial charge in [0.2, 0.25) is 0 Å². The van der Waals surface area contributed by atoms with Gasteiger partial charge in [0.1, 0.15) is 0 Å². The van der Waals surface area contributed by atoms with Crippen LogP contribution in [0.2, 0.25) is 0 Å². The molecule has 12 heavy (non-hydrogen) atoms. The molecule has 70 valence electrons. The quantitative estimate of drug-likeness (QED) is 0.640. The summed E-state index contributed by atoms with van der Waals surface area (Å²) in [7, 11) is 0. The van der Waals surface area contributed by atoms with Crippen molar-refractivity contribution in [1.82, 2.24) is 0 Å². The largest absolute Gasteiger partial charge is 0.389 e. The Kier molecular flexibility index (Phi) is 5.73.